The molecule has 6 heteroatoms. The van der Waals surface area contributed by atoms with E-state index in [1.54, 1.807) is 19.1 Å². The summed E-state index contributed by atoms with van der Waals surface area (Å²) in [6, 6.07) is 11.7. The van der Waals surface area contributed by atoms with Crippen molar-refractivity contribution in [2.24, 2.45) is 0 Å². The highest BCUT2D eigenvalue weighted by Gasteiger charge is 2.16. The van der Waals surface area contributed by atoms with Crippen molar-refractivity contribution < 1.29 is 13.9 Å². The Morgan fingerprint density at radius 2 is 1.88 bits per heavy atom. The Bertz CT molecular complexity index is 935. The Hall–Kier alpha value is -2.73. The Morgan fingerprint density at radius 1 is 1.15 bits per heavy atom. The average Bonchev–Trinajstić information content (AvgIpc) is 2.98. The van der Waals surface area contributed by atoms with E-state index in [0.29, 0.717) is 21.3 Å². The highest BCUT2D eigenvalue weighted by molar-refractivity contribution is 7.13. The number of anilines is 1. The predicted molar refractivity (Wildman–Crippen MR) is 101 cm³/mol. The summed E-state index contributed by atoms with van der Waals surface area (Å²) in [4.78, 5) is 17.5. The molecule has 1 N–H and O–H groups in total. The van der Waals surface area contributed by atoms with E-state index in [-0.39, 0.29) is 18.3 Å². The number of ether oxygens (including phenoxy) is 1. The molecular weight excluding hydrogens is 351 g/mol. The first kappa shape index (κ1) is 18.1. The third-order valence-corrected chi connectivity index (χ3v) is 4.98. The number of nitrogens with one attached hydrogen (secondary N) is 1. The summed E-state index contributed by atoms with van der Waals surface area (Å²) in [5.74, 6) is 0.0633. The quantitative estimate of drug-likeness (QED) is 0.685. The zero-order valence-corrected chi connectivity index (χ0v) is 15.6. The Morgan fingerprint density at radius 3 is 2.58 bits per heavy atom. The van der Waals surface area contributed by atoms with Gasteiger partial charge in [-0.1, -0.05) is 17.7 Å². The van der Waals surface area contributed by atoms with Crippen molar-refractivity contribution >= 4 is 22.9 Å². The Labute approximate surface area is 155 Å². The minimum absolute atomic E-state index is 0.181. The lowest BCUT2D eigenvalue weighted by Crippen LogP contribution is -2.12. The molecule has 1 amide bonds. The van der Waals surface area contributed by atoms with Crippen LogP contribution in [0.3, 0.4) is 0 Å². The van der Waals surface area contributed by atoms with Gasteiger partial charge in [-0.05, 0) is 56.7 Å². The maximum atomic E-state index is 12.9. The lowest BCUT2D eigenvalue weighted by atomic mass is 10.1. The number of hydrogen-bond donors (Lipinski definition) is 1. The number of aromatic nitrogens is 1. The molecule has 0 atom stereocenters. The number of aryl methyl sites for hydroxylation is 3. The van der Waals surface area contributed by atoms with Gasteiger partial charge >= 0.3 is 0 Å². The van der Waals surface area contributed by atoms with Crippen LogP contribution in [-0.2, 0) is 6.61 Å². The number of hydrogen-bond acceptors (Lipinski definition) is 4. The molecule has 134 valence electrons. The van der Waals surface area contributed by atoms with Gasteiger partial charge in [-0.25, -0.2) is 9.37 Å². The molecule has 0 bridgehead atoms. The fourth-order valence-corrected chi connectivity index (χ4v) is 3.41. The monoisotopic (exact) mass is 370 g/mol. The molecule has 1 aromatic heterocycles. The van der Waals surface area contributed by atoms with Gasteiger partial charge in [-0.2, -0.15) is 0 Å². The number of amides is 1. The van der Waals surface area contributed by atoms with Gasteiger partial charge in [0.1, 0.15) is 28.1 Å². The average molecular weight is 370 g/mol. The highest BCUT2D eigenvalue weighted by atomic mass is 32.1. The summed E-state index contributed by atoms with van der Waals surface area (Å²) >= 11 is 1.30. The molecule has 4 nitrogen and oxygen atoms in total. The second-order valence-corrected chi connectivity index (χ2v) is 7.12. The van der Waals surface area contributed by atoms with Crippen LogP contribution in [-0.4, -0.2) is 10.9 Å². The minimum atomic E-state index is -0.312. The lowest BCUT2D eigenvalue weighted by Gasteiger charge is -2.08. The van der Waals surface area contributed by atoms with E-state index in [1.165, 1.54) is 23.5 Å². The molecule has 0 fully saturated rings. The van der Waals surface area contributed by atoms with Crippen molar-refractivity contribution in [1.82, 2.24) is 4.98 Å². The van der Waals surface area contributed by atoms with Gasteiger partial charge in [-0.15, -0.1) is 11.3 Å². The molecule has 0 aliphatic rings. The van der Waals surface area contributed by atoms with Gasteiger partial charge < -0.3 is 10.1 Å². The predicted octanol–water partition coefficient (Wildman–Crippen LogP) is 5.04. The number of rotatable bonds is 5. The van der Waals surface area contributed by atoms with Crippen molar-refractivity contribution in [3.8, 4) is 5.75 Å². The standard InChI is InChI=1S/C20H19FN2O2S/c1-12-4-9-17(13(2)10-12)23-20(24)19-14(3)22-18(26-19)11-25-16-7-5-15(21)6-8-16/h4-10H,11H2,1-3H3,(H,23,24). The molecule has 26 heavy (non-hydrogen) atoms. The molecular formula is C20H19FN2O2S. The van der Waals surface area contributed by atoms with Gasteiger partial charge in [-0.3, -0.25) is 4.79 Å². The number of nitrogens with zero attached hydrogens (tertiary/aromatic N) is 1. The maximum absolute atomic E-state index is 12.9. The molecule has 0 saturated heterocycles. The fourth-order valence-electron chi connectivity index (χ4n) is 2.53. The van der Waals surface area contributed by atoms with Crippen LogP contribution in [0.15, 0.2) is 42.5 Å². The Balaban J connectivity index is 1.68. The van der Waals surface area contributed by atoms with Crippen LogP contribution >= 0.6 is 11.3 Å². The van der Waals surface area contributed by atoms with Crippen molar-refractivity contribution in [3.63, 3.8) is 0 Å². The largest absolute Gasteiger partial charge is 0.486 e. The molecule has 3 aromatic rings. The molecule has 0 spiro atoms. The minimum Gasteiger partial charge on any atom is -0.486 e. The third kappa shape index (κ3) is 4.26. The number of benzene rings is 2. The van der Waals surface area contributed by atoms with Crippen molar-refractivity contribution in [2.45, 2.75) is 27.4 Å². The molecule has 3 rings (SSSR count). The Kier molecular flexibility index (Phi) is 5.32. The van der Waals surface area contributed by atoms with Crippen LogP contribution in [0.4, 0.5) is 10.1 Å². The van der Waals surface area contributed by atoms with Crippen LogP contribution in [0.5, 0.6) is 5.75 Å². The maximum Gasteiger partial charge on any atom is 0.267 e. The van der Waals surface area contributed by atoms with Crippen molar-refractivity contribution in [2.75, 3.05) is 5.32 Å². The van der Waals surface area contributed by atoms with Crippen LogP contribution in [0.1, 0.15) is 31.5 Å². The summed E-state index contributed by atoms with van der Waals surface area (Å²) in [5.41, 5.74) is 3.61. The summed E-state index contributed by atoms with van der Waals surface area (Å²) < 4.78 is 18.5. The second-order valence-electron chi connectivity index (χ2n) is 6.04. The smallest absolute Gasteiger partial charge is 0.267 e. The van der Waals surface area contributed by atoms with Gasteiger partial charge in [0.25, 0.3) is 5.91 Å². The third-order valence-electron chi connectivity index (χ3n) is 3.85. The van der Waals surface area contributed by atoms with Crippen LogP contribution in [0.25, 0.3) is 0 Å². The molecule has 1 heterocycles. The SMILES string of the molecule is Cc1ccc(NC(=O)c2sc(COc3ccc(F)cc3)nc2C)c(C)c1. The van der Waals surface area contributed by atoms with E-state index >= 15 is 0 Å². The van der Waals surface area contributed by atoms with E-state index in [9.17, 15) is 9.18 Å². The molecule has 0 aliphatic carbocycles. The van der Waals surface area contributed by atoms with E-state index in [0.717, 1.165) is 16.8 Å². The zero-order valence-electron chi connectivity index (χ0n) is 14.8. The normalized spacial score (nSPS) is 10.6. The molecule has 2 aromatic carbocycles. The highest BCUT2D eigenvalue weighted by Crippen LogP contribution is 2.23. The molecule has 0 saturated carbocycles. The zero-order chi connectivity index (χ0) is 18.7. The van der Waals surface area contributed by atoms with E-state index < -0.39 is 0 Å². The van der Waals surface area contributed by atoms with Gasteiger partial charge in [0.05, 0.1) is 5.69 Å². The molecule has 0 radical (unpaired) electrons. The number of thiazole rings is 1. The van der Waals surface area contributed by atoms with E-state index in [2.05, 4.69) is 10.3 Å². The molecule has 0 aliphatic heterocycles. The first-order valence-corrected chi connectivity index (χ1v) is 8.97. The topological polar surface area (TPSA) is 51.2 Å². The van der Waals surface area contributed by atoms with Gasteiger partial charge in [0, 0.05) is 5.69 Å². The number of halogens is 1. The van der Waals surface area contributed by atoms with Crippen LogP contribution < -0.4 is 10.1 Å². The molecule has 0 unspecified atom stereocenters. The summed E-state index contributed by atoms with van der Waals surface area (Å²) in [6.45, 7) is 6.01. The summed E-state index contributed by atoms with van der Waals surface area (Å²) in [7, 11) is 0. The van der Waals surface area contributed by atoms with Crippen molar-refractivity contribution in [1.29, 1.82) is 0 Å². The van der Waals surface area contributed by atoms with Gasteiger partial charge in [0.15, 0.2) is 0 Å². The van der Waals surface area contributed by atoms with E-state index in [1.807, 2.05) is 32.0 Å². The van der Waals surface area contributed by atoms with E-state index in [4.69, 9.17) is 4.74 Å². The second kappa shape index (κ2) is 7.66. The van der Waals surface area contributed by atoms with Gasteiger partial charge in [0.2, 0.25) is 0 Å². The van der Waals surface area contributed by atoms with Crippen LogP contribution in [0, 0.1) is 26.6 Å². The lowest BCUT2D eigenvalue weighted by molar-refractivity contribution is 0.102. The number of carbonyl (C=O) groups is 1. The summed E-state index contributed by atoms with van der Waals surface area (Å²) in [6.07, 6.45) is 0. The number of carbonyl (C=O) groups excluding carboxylic acids is 1. The first-order valence-electron chi connectivity index (χ1n) is 8.15. The van der Waals surface area contributed by atoms with Crippen LogP contribution in [0.2, 0.25) is 0 Å². The fraction of sp³-hybridized carbons (Fsp3) is 0.200. The first-order chi connectivity index (χ1) is 12.4. The van der Waals surface area contributed by atoms with Crippen molar-refractivity contribution in [3.05, 3.63) is 75.0 Å². The summed E-state index contributed by atoms with van der Waals surface area (Å²) in [5, 5.41) is 3.63.